The lowest BCUT2D eigenvalue weighted by Crippen LogP contribution is -2.51. The number of nitriles is 2. The zero-order valence-corrected chi connectivity index (χ0v) is 30.4. The van der Waals surface area contributed by atoms with E-state index in [1.54, 1.807) is 20.8 Å². The second kappa shape index (κ2) is 13.9. The van der Waals surface area contributed by atoms with E-state index < -0.39 is 35.0 Å². The van der Waals surface area contributed by atoms with Crippen LogP contribution in [-0.2, 0) is 4.74 Å². The molecule has 3 fully saturated rings. The fourth-order valence-corrected chi connectivity index (χ4v) is 8.96. The van der Waals surface area contributed by atoms with E-state index in [-0.39, 0.29) is 72.8 Å². The highest BCUT2D eigenvalue weighted by atomic mass is 35.5. The predicted molar refractivity (Wildman–Crippen MR) is 193 cm³/mol. The first kappa shape index (κ1) is 36.0. The summed E-state index contributed by atoms with van der Waals surface area (Å²) < 4.78 is 58.6. The summed E-state index contributed by atoms with van der Waals surface area (Å²) in [4.78, 5) is 26.0. The molecule has 0 aliphatic carbocycles. The molecule has 7 rings (SSSR count). The van der Waals surface area contributed by atoms with Gasteiger partial charge in [-0.05, 0) is 57.9 Å². The first-order valence-electron chi connectivity index (χ1n) is 17.0. The van der Waals surface area contributed by atoms with Crippen LogP contribution < -0.4 is 20.3 Å². The summed E-state index contributed by atoms with van der Waals surface area (Å²) in [7, 11) is 0. The number of amides is 1. The van der Waals surface area contributed by atoms with Gasteiger partial charge in [-0.15, -0.1) is 11.3 Å². The summed E-state index contributed by atoms with van der Waals surface area (Å²) in [6.45, 7) is 7.68. The number of piperazine rings is 1. The minimum atomic E-state index is -0.972. The Morgan fingerprint density at radius 1 is 1.23 bits per heavy atom. The first-order chi connectivity index (χ1) is 24.8. The van der Waals surface area contributed by atoms with Crippen LogP contribution in [0.5, 0.6) is 6.01 Å². The van der Waals surface area contributed by atoms with Crippen LogP contribution in [0.15, 0.2) is 18.2 Å². The van der Waals surface area contributed by atoms with Crippen molar-refractivity contribution >= 4 is 60.8 Å². The molecule has 3 saturated heterocycles. The fourth-order valence-electron chi connectivity index (χ4n) is 7.60. The van der Waals surface area contributed by atoms with E-state index in [0.717, 1.165) is 36.8 Å². The van der Waals surface area contributed by atoms with Gasteiger partial charge in [0.2, 0.25) is 0 Å². The van der Waals surface area contributed by atoms with E-state index in [2.05, 4.69) is 26.6 Å². The quantitative estimate of drug-likeness (QED) is 0.198. The Balaban J connectivity index is 1.36. The van der Waals surface area contributed by atoms with Crippen molar-refractivity contribution in [2.75, 3.05) is 49.5 Å². The van der Waals surface area contributed by atoms with Gasteiger partial charge in [0.25, 0.3) is 0 Å². The minimum absolute atomic E-state index is 0.00975. The molecule has 52 heavy (non-hydrogen) atoms. The zero-order valence-electron chi connectivity index (χ0n) is 28.8. The number of ether oxygens (including phenoxy) is 2. The number of aromatic nitrogens is 2. The van der Waals surface area contributed by atoms with Crippen molar-refractivity contribution in [1.29, 1.82) is 10.5 Å². The van der Waals surface area contributed by atoms with E-state index >= 15 is 8.78 Å². The van der Waals surface area contributed by atoms with E-state index in [9.17, 15) is 19.7 Å². The number of halogens is 4. The van der Waals surface area contributed by atoms with Crippen LogP contribution >= 0.6 is 22.9 Å². The molecule has 0 spiro atoms. The van der Waals surface area contributed by atoms with Gasteiger partial charge in [0.15, 0.2) is 5.82 Å². The number of benzene rings is 2. The van der Waals surface area contributed by atoms with Gasteiger partial charge in [0, 0.05) is 55.0 Å². The molecular formula is C36H36ClF3N8O3S. The summed E-state index contributed by atoms with van der Waals surface area (Å²) in [5, 5.41) is 25.8. The molecule has 3 aliphatic rings. The third-order valence-electron chi connectivity index (χ3n) is 9.75. The van der Waals surface area contributed by atoms with Crippen molar-refractivity contribution in [3.63, 3.8) is 0 Å². The number of hydrogen-bond donors (Lipinski definition) is 2. The molecule has 5 heterocycles. The smallest absolute Gasteiger partial charge is 0.412 e. The van der Waals surface area contributed by atoms with Crippen molar-refractivity contribution in [2.45, 2.75) is 69.8 Å². The third-order valence-corrected chi connectivity index (χ3v) is 11.2. The Kier molecular flexibility index (Phi) is 9.59. The van der Waals surface area contributed by atoms with Gasteiger partial charge < -0.3 is 19.7 Å². The molecule has 11 nitrogen and oxygen atoms in total. The van der Waals surface area contributed by atoms with E-state index in [0.29, 0.717) is 38.4 Å². The summed E-state index contributed by atoms with van der Waals surface area (Å²) >= 11 is 7.71. The molecular weight excluding hydrogens is 717 g/mol. The molecule has 0 unspecified atom stereocenters. The van der Waals surface area contributed by atoms with Gasteiger partial charge in [0.1, 0.15) is 46.6 Å². The Bertz CT molecular complexity index is 2170. The summed E-state index contributed by atoms with van der Waals surface area (Å²) in [6.07, 6.45) is 0.420. The van der Waals surface area contributed by atoms with Crippen LogP contribution in [0, 0.1) is 34.3 Å². The monoisotopic (exact) mass is 752 g/mol. The highest BCUT2D eigenvalue weighted by molar-refractivity contribution is 7.23. The maximum atomic E-state index is 17.2. The molecule has 0 saturated carbocycles. The lowest BCUT2D eigenvalue weighted by atomic mass is 9.95. The average Bonchev–Trinajstić information content (AvgIpc) is 3.74. The van der Waals surface area contributed by atoms with Crippen LogP contribution in [0.25, 0.3) is 32.1 Å². The lowest BCUT2D eigenvalue weighted by molar-refractivity contribution is 0.0636. The van der Waals surface area contributed by atoms with Gasteiger partial charge in [-0.3, -0.25) is 10.2 Å². The molecule has 272 valence electrons. The molecule has 0 radical (unpaired) electrons. The number of alkyl halides is 1. The van der Waals surface area contributed by atoms with Crippen molar-refractivity contribution < 1.29 is 27.4 Å². The SMILES string of the molecule is CC(C)(C)OC(=O)Nc1sc2c(F)ccc(-c3c(Cl)cc4c(N5CCN[C@@H](CC#N)C5)nc(OC[C@@]56CCCN5C[C@H](F)C6)nc4c3F)c2c1C#N. The lowest BCUT2D eigenvalue weighted by Gasteiger charge is -2.34. The first-order valence-corrected chi connectivity index (χ1v) is 18.2. The van der Waals surface area contributed by atoms with E-state index in [1.165, 1.54) is 12.1 Å². The highest BCUT2D eigenvalue weighted by Crippen LogP contribution is 2.47. The number of hydrogen-bond acceptors (Lipinski definition) is 11. The number of carbonyl (C=O) groups excluding carboxylic acids is 1. The standard InChI is InChI=1S/C36H36ClF3N8O3S/c1-35(2,3)51-34(49)46-32-23(15-42)26-21(5-6-25(39)30(26)52-32)27-24(37)13-22-29(28(27)40)44-33(45-31(22)47-12-10-43-20(17-47)7-9-41)50-18-36-8-4-11-48(36)16-19(38)14-36/h5-6,13,19-20,43H,4,7-8,10-12,14,16-18H2,1-3H3,(H,46,49)/t19-,20+,36+/m1/s1. The topological polar surface area (TPSA) is 139 Å². The summed E-state index contributed by atoms with van der Waals surface area (Å²) in [6, 6.07) is 7.97. The van der Waals surface area contributed by atoms with Crippen LogP contribution in [0.4, 0.5) is 28.8 Å². The van der Waals surface area contributed by atoms with Crippen molar-refractivity contribution in [3.05, 3.63) is 40.4 Å². The highest BCUT2D eigenvalue weighted by Gasteiger charge is 2.49. The van der Waals surface area contributed by atoms with Gasteiger partial charge in [-0.25, -0.2) is 18.0 Å². The summed E-state index contributed by atoms with van der Waals surface area (Å²) in [5.41, 5.74) is -1.57. The van der Waals surface area contributed by atoms with Gasteiger partial charge in [-0.2, -0.15) is 20.5 Å². The maximum absolute atomic E-state index is 17.2. The van der Waals surface area contributed by atoms with Crippen molar-refractivity contribution in [3.8, 4) is 29.3 Å². The second-order valence-electron chi connectivity index (χ2n) is 14.4. The van der Waals surface area contributed by atoms with Gasteiger partial charge >= 0.3 is 12.1 Å². The molecule has 3 aliphatic heterocycles. The van der Waals surface area contributed by atoms with Crippen LogP contribution in [-0.4, -0.2) is 83.6 Å². The zero-order chi connectivity index (χ0) is 36.9. The van der Waals surface area contributed by atoms with Crippen molar-refractivity contribution in [1.82, 2.24) is 20.2 Å². The second-order valence-corrected chi connectivity index (χ2v) is 15.9. The predicted octanol–water partition coefficient (Wildman–Crippen LogP) is 7.31. The number of nitrogens with one attached hydrogen (secondary N) is 2. The van der Waals surface area contributed by atoms with E-state index in [4.69, 9.17) is 26.1 Å². The molecule has 1 amide bonds. The fraction of sp³-hybridized carbons (Fsp3) is 0.472. The number of anilines is 2. The molecule has 0 bridgehead atoms. The van der Waals surface area contributed by atoms with Crippen molar-refractivity contribution in [2.24, 2.45) is 0 Å². The number of carbonyl (C=O) groups is 1. The Morgan fingerprint density at radius 2 is 2.04 bits per heavy atom. The van der Waals surface area contributed by atoms with Crippen LogP contribution in [0.2, 0.25) is 5.02 Å². The molecule has 16 heteroatoms. The molecule has 2 aromatic heterocycles. The minimum Gasteiger partial charge on any atom is -0.461 e. The van der Waals surface area contributed by atoms with Crippen LogP contribution in [0.3, 0.4) is 0 Å². The van der Waals surface area contributed by atoms with Crippen LogP contribution in [0.1, 0.15) is 52.0 Å². The Hall–Kier alpha value is -4.41. The van der Waals surface area contributed by atoms with Gasteiger partial charge in [-0.1, -0.05) is 17.7 Å². The molecule has 2 N–H and O–H groups in total. The largest absolute Gasteiger partial charge is 0.461 e. The molecule has 3 atom stereocenters. The third kappa shape index (κ3) is 6.67. The maximum Gasteiger partial charge on any atom is 0.412 e. The number of rotatable bonds is 7. The number of fused-ring (bicyclic) bond motifs is 3. The molecule has 2 aromatic carbocycles. The molecule has 4 aromatic rings. The number of thiophene rings is 1. The Morgan fingerprint density at radius 3 is 2.79 bits per heavy atom. The van der Waals surface area contributed by atoms with E-state index in [1.807, 2.05) is 11.0 Å². The number of nitrogens with zero attached hydrogens (tertiary/aromatic N) is 6. The average molecular weight is 753 g/mol. The van der Waals surface area contributed by atoms with Gasteiger partial charge in [0.05, 0.1) is 33.3 Å². The normalized spacial score (nSPS) is 22.0. The summed E-state index contributed by atoms with van der Waals surface area (Å²) in [5.74, 6) is -1.17. The Labute approximate surface area is 307 Å².